The Bertz CT molecular complexity index is 2180. The van der Waals surface area contributed by atoms with Crippen molar-refractivity contribution < 1.29 is 19.4 Å². The SMILES string of the molecule is O=C(O)c1ccc(-c2cnn(C(C[C@H]3C[C@H]3C(=O)N3Cc4ccccc4C3)c3ccc(-c4cc(Cl)ccc4-n4cnnn4)c[n+]3[O-])c2)cc1. The first-order valence-corrected chi connectivity index (χ1v) is 16.2. The lowest BCUT2D eigenvalue weighted by atomic mass is 10.0. The van der Waals surface area contributed by atoms with Crippen molar-refractivity contribution in [2.45, 2.75) is 32.0 Å². The summed E-state index contributed by atoms with van der Waals surface area (Å²) in [5.74, 6) is -0.913. The van der Waals surface area contributed by atoms with Crippen molar-refractivity contribution in [3.63, 3.8) is 0 Å². The van der Waals surface area contributed by atoms with E-state index in [0.29, 0.717) is 47.0 Å². The molecule has 8 rings (SSSR count). The number of hydrogen-bond donors (Lipinski definition) is 1. The zero-order valence-electron chi connectivity index (χ0n) is 26.0. The van der Waals surface area contributed by atoms with Crippen LogP contribution in [0, 0.1) is 17.0 Å². The fourth-order valence-corrected chi connectivity index (χ4v) is 6.94. The smallest absolute Gasteiger partial charge is 0.335 e. The van der Waals surface area contributed by atoms with Crippen molar-refractivity contribution in [3.05, 3.63) is 136 Å². The Kier molecular flexibility index (Phi) is 7.64. The summed E-state index contributed by atoms with van der Waals surface area (Å²) in [6.45, 7) is 1.23. The van der Waals surface area contributed by atoms with Crippen molar-refractivity contribution in [2.24, 2.45) is 11.8 Å². The van der Waals surface area contributed by atoms with Crippen LogP contribution in [-0.4, -0.2) is 51.9 Å². The molecule has 1 fully saturated rings. The first-order chi connectivity index (χ1) is 23.8. The van der Waals surface area contributed by atoms with Gasteiger partial charge in [-0.3, -0.25) is 9.48 Å². The molecule has 3 atom stereocenters. The van der Waals surface area contributed by atoms with Gasteiger partial charge in [-0.2, -0.15) is 14.5 Å². The average molecular weight is 673 g/mol. The number of tetrazole rings is 1. The number of fused-ring (bicyclic) bond motifs is 1. The van der Waals surface area contributed by atoms with Crippen LogP contribution >= 0.6 is 11.6 Å². The minimum Gasteiger partial charge on any atom is -0.618 e. The lowest BCUT2D eigenvalue weighted by molar-refractivity contribution is -0.615. The van der Waals surface area contributed by atoms with E-state index in [2.05, 4.69) is 32.8 Å². The van der Waals surface area contributed by atoms with Crippen LogP contribution < -0.4 is 4.73 Å². The summed E-state index contributed by atoms with van der Waals surface area (Å²) in [6, 6.07) is 23.2. The van der Waals surface area contributed by atoms with Gasteiger partial charge >= 0.3 is 5.97 Å². The molecule has 0 radical (unpaired) electrons. The third-order valence-electron chi connectivity index (χ3n) is 9.46. The number of hydrogen-bond acceptors (Lipinski definition) is 7. The molecular formula is C36H29ClN8O4. The molecule has 13 heteroatoms. The highest BCUT2D eigenvalue weighted by molar-refractivity contribution is 6.31. The Balaban J connectivity index is 1.10. The normalized spacial score (nSPS) is 17.1. The summed E-state index contributed by atoms with van der Waals surface area (Å²) in [5, 5.41) is 39.9. The summed E-state index contributed by atoms with van der Waals surface area (Å²) in [5.41, 5.74) is 6.56. The number of halogens is 1. The van der Waals surface area contributed by atoms with E-state index in [1.165, 1.54) is 28.3 Å². The second-order valence-corrected chi connectivity index (χ2v) is 12.9. The number of benzene rings is 3. The van der Waals surface area contributed by atoms with Gasteiger partial charge < -0.3 is 15.2 Å². The van der Waals surface area contributed by atoms with Crippen LogP contribution in [0.3, 0.4) is 0 Å². The topological polar surface area (TPSA) is 146 Å². The molecule has 3 aromatic heterocycles. The number of carbonyl (C=O) groups excluding carboxylic acids is 1. The fraction of sp³-hybridized carbons (Fsp3) is 0.194. The van der Waals surface area contributed by atoms with E-state index in [0.717, 1.165) is 22.3 Å². The number of aromatic carboxylic acids is 1. The molecule has 4 heterocycles. The zero-order chi connectivity index (χ0) is 33.6. The Labute approximate surface area is 285 Å². The van der Waals surface area contributed by atoms with Crippen molar-refractivity contribution in [1.29, 1.82) is 0 Å². The van der Waals surface area contributed by atoms with Crippen LogP contribution in [0.25, 0.3) is 27.9 Å². The number of nitrogens with zero attached hydrogens (tertiary/aromatic N) is 8. The fourth-order valence-electron chi connectivity index (χ4n) is 6.77. The second kappa shape index (κ2) is 12.3. The quantitative estimate of drug-likeness (QED) is 0.160. The number of carboxylic acids is 1. The van der Waals surface area contributed by atoms with Gasteiger partial charge in [0.05, 0.1) is 17.4 Å². The van der Waals surface area contributed by atoms with Gasteiger partial charge in [-0.1, -0.05) is 48.0 Å². The number of pyridine rings is 1. The molecule has 12 nitrogen and oxygen atoms in total. The summed E-state index contributed by atoms with van der Waals surface area (Å²) in [4.78, 5) is 26.9. The molecule has 2 aliphatic rings. The monoisotopic (exact) mass is 672 g/mol. The first-order valence-electron chi connectivity index (χ1n) is 15.8. The summed E-state index contributed by atoms with van der Waals surface area (Å²) < 4.78 is 4.12. The predicted octanol–water partition coefficient (Wildman–Crippen LogP) is 5.34. The van der Waals surface area contributed by atoms with Gasteiger partial charge in [-0.05, 0) is 82.3 Å². The number of carboxylic acid groups (broad SMARTS) is 1. The lowest BCUT2D eigenvalue weighted by Crippen LogP contribution is -2.36. The standard InChI is InChI=1S/C36H29ClN8O4/c37-29-10-12-32(44-21-38-40-41-44)30(15-29)26-9-11-33(45(49)20-26)34(43-19-28(16-39-43)22-5-7-23(8-6-22)36(47)48)14-27-13-31(27)35(46)42-17-24-3-1-2-4-25(24)18-42/h1-12,15-16,19-21,27,31,34H,13-14,17-18H2,(H,47,48)/t27-,31-,34?/m1/s1. The lowest BCUT2D eigenvalue weighted by Gasteiger charge is -2.19. The Morgan fingerprint density at radius 1 is 0.980 bits per heavy atom. The van der Waals surface area contributed by atoms with Crippen molar-refractivity contribution in [3.8, 4) is 27.9 Å². The van der Waals surface area contributed by atoms with E-state index in [4.69, 9.17) is 11.6 Å². The molecule has 1 saturated carbocycles. The second-order valence-electron chi connectivity index (χ2n) is 12.5. The van der Waals surface area contributed by atoms with Gasteiger partial charge in [0.15, 0.2) is 6.20 Å². The molecule has 1 aliphatic heterocycles. The average Bonchev–Trinajstić information content (AvgIpc) is 3.52. The third-order valence-corrected chi connectivity index (χ3v) is 9.69. The van der Waals surface area contributed by atoms with Crippen molar-refractivity contribution in [1.82, 2.24) is 34.9 Å². The van der Waals surface area contributed by atoms with Crippen LogP contribution in [0.4, 0.5) is 0 Å². The maximum atomic E-state index is 13.9. The predicted molar refractivity (Wildman–Crippen MR) is 178 cm³/mol. The van der Waals surface area contributed by atoms with Gasteiger partial charge in [0.25, 0.3) is 0 Å². The minimum atomic E-state index is -1.00. The van der Waals surface area contributed by atoms with Gasteiger partial charge in [0.1, 0.15) is 12.4 Å². The highest BCUT2D eigenvalue weighted by Crippen LogP contribution is 2.47. The summed E-state index contributed by atoms with van der Waals surface area (Å²) in [7, 11) is 0. The molecule has 0 bridgehead atoms. The summed E-state index contributed by atoms with van der Waals surface area (Å²) >= 11 is 6.37. The molecule has 1 N–H and O–H groups in total. The largest absolute Gasteiger partial charge is 0.618 e. The Hall–Kier alpha value is -5.88. The molecule has 6 aromatic rings. The van der Waals surface area contributed by atoms with Gasteiger partial charge in [0, 0.05) is 53.0 Å². The third kappa shape index (κ3) is 5.91. The van der Waals surface area contributed by atoms with E-state index in [1.807, 2.05) is 29.3 Å². The highest BCUT2D eigenvalue weighted by Gasteiger charge is 2.47. The molecule has 244 valence electrons. The van der Waals surface area contributed by atoms with E-state index in [1.54, 1.807) is 59.4 Å². The van der Waals surface area contributed by atoms with E-state index in [9.17, 15) is 19.9 Å². The molecule has 3 aromatic carbocycles. The maximum absolute atomic E-state index is 13.9. The molecular weight excluding hydrogens is 644 g/mol. The maximum Gasteiger partial charge on any atom is 0.335 e. The van der Waals surface area contributed by atoms with Gasteiger partial charge in [0.2, 0.25) is 11.6 Å². The molecule has 0 saturated heterocycles. The molecule has 49 heavy (non-hydrogen) atoms. The van der Waals surface area contributed by atoms with Crippen LogP contribution in [0.15, 0.2) is 104 Å². The number of rotatable bonds is 9. The van der Waals surface area contributed by atoms with E-state index >= 15 is 0 Å². The van der Waals surface area contributed by atoms with E-state index in [-0.39, 0.29) is 23.3 Å². The zero-order valence-corrected chi connectivity index (χ0v) is 26.8. The van der Waals surface area contributed by atoms with Gasteiger partial charge in [-0.15, -0.1) is 5.10 Å². The van der Waals surface area contributed by atoms with Crippen LogP contribution in [0.5, 0.6) is 0 Å². The Morgan fingerprint density at radius 3 is 2.43 bits per heavy atom. The van der Waals surface area contributed by atoms with Gasteiger partial charge in [-0.25, -0.2) is 4.79 Å². The Morgan fingerprint density at radius 2 is 1.73 bits per heavy atom. The number of aromatic nitrogens is 7. The highest BCUT2D eigenvalue weighted by atomic mass is 35.5. The van der Waals surface area contributed by atoms with Crippen LogP contribution in [0.2, 0.25) is 5.02 Å². The molecule has 1 amide bonds. The number of carbonyl (C=O) groups is 2. The number of amides is 1. The molecule has 1 unspecified atom stereocenters. The summed E-state index contributed by atoms with van der Waals surface area (Å²) in [6.07, 6.45) is 7.81. The molecule has 1 aliphatic carbocycles. The first kappa shape index (κ1) is 30.5. The van der Waals surface area contributed by atoms with Crippen molar-refractivity contribution in [2.75, 3.05) is 0 Å². The molecule has 0 spiro atoms. The van der Waals surface area contributed by atoms with Crippen LogP contribution in [0.1, 0.15) is 46.1 Å². The van der Waals surface area contributed by atoms with E-state index < -0.39 is 12.0 Å². The van der Waals surface area contributed by atoms with Crippen LogP contribution in [-0.2, 0) is 17.9 Å². The van der Waals surface area contributed by atoms with Crippen molar-refractivity contribution >= 4 is 23.5 Å². The minimum absolute atomic E-state index is 0.0720.